The Morgan fingerprint density at radius 1 is 1.33 bits per heavy atom. The minimum Gasteiger partial charge on any atom is -0.481 e. The van der Waals surface area contributed by atoms with E-state index in [4.69, 9.17) is 20.1 Å². The van der Waals surface area contributed by atoms with Crippen LogP contribution in [0.15, 0.2) is 18.3 Å². The summed E-state index contributed by atoms with van der Waals surface area (Å²) >= 11 is 0. The van der Waals surface area contributed by atoms with Crippen molar-refractivity contribution in [3.05, 3.63) is 23.9 Å². The van der Waals surface area contributed by atoms with E-state index in [0.29, 0.717) is 5.88 Å². The number of pyridine rings is 1. The van der Waals surface area contributed by atoms with E-state index in [1.54, 1.807) is 0 Å². The molecule has 1 rings (SSSR count). The molecule has 0 amide bonds. The number of hydrogen-bond acceptors (Lipinski definition) is 5. The van der Waals surface area contributed by atoms with E-state index in [-0.39, 0.29) is 5.56 Å². The van der Waals surface area contributed by atoms with E-state index in [1.807, 2.05) is 0 Å². The summed E-state index contributed by atoms with van der Waals surface area (Å²) in [5.41, 5.74) is -0.108. The molecule has 1 aromatic heterocycles. The smallest absolute Gasteiger partial charge is 0.305 e. The molecule has 12 heavy (non-hydrogen) atoms. The fraction of sp³-hybridized carbons (Fsp3) is 0.286. The van der Waals surface area contributed by atoms with E-state index >= 15 is 0 Å². The van der Waals surface area contributed by atoms with Crippen LogP contribution >= 0.6 is 0 Å². The van der Waals surface area contributed by atoms with Gasteiger partial charge < -0.3 is 20.1 Å². The maximum Gasteiger partial charge on any atom is 0.305 e. The Kier molecular flexibility index (Phi) is 2.27. The molecular formula is C7H9NO4. The van der Waals surface area contributed by atoms with Gasteiger partial charge in [0.15, 0.2) is 0 Å². The van der Waals surface area contributed by atoms with Crippen molar-refractivity contribution in [2.75, 3.05) is 7.11 Å². The fourth-order valence-electron chi connectivity index (χ4n) is 0.699. The normalized spacial score (nSPS) is 11.3. The minimum atomic E-state index is -2.83. The third kappa shape index (κ3) is 1.91. The Bertz CT molecular complexity index is 251. The molecule has 0 fully saturated rings. The van der Waals surface area contributed by atoms with Crippen LogP contribution in [0.1, 0.15) is 5.56 Å². The average Bonchev–Trinajstić information content (AvgIpc) is 2.03. The zero-order valence-corrected chi connectivity index (χ0v) is 6.43. The van der Waals surface area contributed by atoms with E-state index in [9.17, 15) is 0 Å². The number of hydrogen-bond donors (Lipinski definition) is 3. The Morgan fingerprint density at radius 2 is 2.00 bits per heavy atom. The second-order valence-corrected chi connectivity index (χ2v) is 2.22. The monoisotopic (exact) mass is 171 g/mol. The summed E-state index contributed by atoms with van der Waals surface area (Å²) in [4.78, 5) is 3.66. The van der Waals surface area contributed by atoms with E-state index in [2.05, 4.69) is 4.98 Å². The molecule has 1 heterocycles. The molecule has 0 atom stereocenters. The van der Waals surface area contributed by atoms with E-state index in [1.165, 1.54) is 19.2 Å². The lowest BCUT2D eigenvalue weighted by molar-refractivity contribution is -0.324. The number of rotatable bonds is 2. The highest BCUT2D eigenvalue weighted by Gasteiger charge is 2.21. The Labute approximate surface area is 68.9 Å². The average molecular weight is 171 g/mol. The van der Waals surface area contributed by atoms with E-state index < -0.39 is 5.97 Å². The third-order valence-electron chi connectivity index (χ3n) is 1.33. The predicted octanol–water partition coefficient (Wildman–Crippen LogP) is -0.823. The summed E-state index contributed by atoms with van der Waals surface area (Å²) in [6.45, 7) is 0. The number of ether oxygens (including phenoxy) is 1. The molecule has 0 aliphatic rings. The molecule has 3 N–H and O–H groups in total. The van der Waals surface area contributed by atoms with Crippen molar-refractivity contribution in [1.29, 1.82) is 0 Å². The van der Waals surface area contributed by atoms with Gasteiger partial charge in [-0.2, -0.15) is 0 Å². The van der Waals surface area contributed by atoms with Crippen LogP contribution in [0.25, 0.3) is 0 Å². The van der Waals surface area contributed by atoms with Gasteiger partial charge >= 0.3 is 5.97 Å². The van der Waals surface area contributed by atoms with Crippen LogP contribution in [0, 0.1) is 0 Å². The fourth-order valence-corrected chi connectivity index (χ4v) is 0.699. The summed E-state index contributed by atoms with van der Waals surface area (Å²) in [6.07, 6.45) is 1.11. The van der Waals surface area contributed by atoms with Crippen LogP contribution in [0.5, 0.6) is 5.88 Å². The number of nitrogens with zero attached hydrogens (tertiary/aromatic N) is 1. The lowest BCUT2D eigenvalue weighted by Gasteiger charge is -2.13. The quantitative estimate of drug-likeness (QED) is 0.506. The van der Waals surface area contributed by atoms with Gasteiger partial charge in [-0.05, 0) is 6.07 Å². The molecule has 0 bridgehead atoms. The number of aliphatic hydroxyl groups is 3. The van der Waals surface area contributed by atoms with Crippen molar-refractivity contribution in [1.82, 2.24) is 4.98 Å². The molecule has 0 aromatic carbocycles. The Balaban J connectivity index is 2.93. The highest BCUT2D eigenvalue weighted by molar-refractivity contribution is 5.19. The first-order valence-corrected chi connectivity index (χ1v) is 3.21. The molecule has 0 unspecified atom stereocenters. The van der Waals surface area contributed by atoms with Gasteiger partial charge in [-0.1, -0.05) is 0 Å². The zero-order chi connectivity index (χ0) is 9.19. The molecule has 66 valence electrons. The molecule has 0 spiro atoms. The van der Waals surface area contributed by atoms with Crippen LogP contribution in [0.2, 0.25) is 0 Å². The second-order valence-electron chi connectivity index (χ2n) is 2.22. The Morgan fingerprint density at radius 3 is 2.33 bits per heavy atom. The highest BCUT2D eigenvalue weighted by atomic mass is 16.7. The first-order valence-electron chi connectivity index (χ1n) is 3.21. The maximum atomic E-state index is 8.68. The van der Waals surface area contributed by atoms with Gasteiger partial charge in [0.05, 0.1) is 12.7 Å². The van der Waals surface area contributed by atoms with Gasteiger partial charge in [-0.15, -0.1) is 0 Å². The lowest BCUT2D eigenvalue weighted by atomic mass is 10.2. The SMILES string of the molecule is COc1ccc(C(O)(O)O)cn1. The van der Waals surface area contributed by atoms with Gasteiger partial charge in [0.2, 0.25) is 5.88 Å². The van der Waals surface area contributed by atoms with Crippen molar-refractivity contribution in [3.63, 3.8) is 0 Å². The topological polar surface area (TPSA) is 82.8 Å². The summed E-state index contributed by atoms with van der Waals surface area (Å²) < 4.78 is 4.73. The standard InChI is InChI=1S/C7H9NO4/c1-12-6-3-2-5(4-8-6)7(9,10)11/h2-4,9-11H,1H3. The molecule has 0 radical (unpaired) electrons. The molecule has 5 nitrogen and oxygen atoms in total. The largest absolute Gasteiger partial charge is 0.481 e. The summed E-state index contributed by atoms with van der Waals surface area (Å²) in [5, 5.41) is 26.0. The Hall–Kier alpha value is -1.17. The zero-order valence-electron chi connectivity index (χ0n) is 6.43. The van der Waals surface area contributed by atoms with Gasteiger partial charge in [-0.3, -0.25) is 0 Å². The second kappa shape index (κ2) is 3.06. The van der Waals surface area contributed by atoms with Crippen LogP contribution < -0.4 is 4.74 Å². The summed E-state index contributed by atoms with van der Waals surface area (Å²) in [5.74, 6) is -2.50. The van der Waals surface area contributed by atoms with Crippen molar-refractivity contribution in [2.24, 2.45) is 0 Å². The van der Waals surface area contributed by atoms with Gasteiger partial charge in [0.25, 0.3) is 0 Å². The molecule has 0 saturated heterocycles. The van der Waals surface area contributed by atoms with Crippen molar-refractivity contribution < 1.29 is 20.1 Å². The van der Waals surface area contributed by atoms with Crippen molar-refractivity contribution >= 4 is 0 Å². The molecule has 0 aliphatic heterocycles. The highest BCUT2D eigenvalue weighted by Crippen LogP contribution is 2.15. The van der Waals surface area contributed by atoms with Crippen LogP contribution in [0.3, 0.4) is 0 Å². The summed E-state index contributed by atoms with van der Waals surface area (Å²) in [6, 6.07) is 2.71. The van der Waals surface area contributed by atoms with Gasteiger partial charge in [0.1, 0.15) is 0 Å². The molecular weight excluding hydrogens is 162 g/mol. The molecule has 1 aromatic rings. The van der Waals surface area contributed by atoms with E-state index in [0.717, 1.165) is 6.20 Å². The minimum absolute atomic E-state index is 0.108. The van der Waals surface area contributed by atoms with Crippen molar-refractivity contribution in [2.45, 2.75) is 5.97 Å². The summed E-state index contributed by atoms with van der Waals surface area (Å²) in [7, 11) is 1.44. The number of aromatic nitrogens is 1. The first kappa shape index (κ1) is 8.92. The van der Waals surface area contributed by atoms with Crippen molar-refractivity contribution in [3.8, 4) is 5.88 Å². The molecule has 0 saturated carbocycles. The molecule has 0 aliphatic carbocycles. The lowest BCUT2D eigenvalue weighted by Crippen LogP contribution is -2.23. The van der Waals surface area contributed by atoms with Gasteiger partial charge in [-0.25, -0.2) is 4.98 Å². The van der Waals surface area contributed by atoms with Crippen LogP contribution in [-0.2, 0) is 5.97 Å². The van der Waals surface area contributed by atoms with Crippen LogP contribution in [0.4, 0.5) is 0 Å². The van der Waals surface area contributed by atoms with Gasteiger partial charge in [0, 0.05) is 12.3 Å². The predicted molar refractivity (Wildman–Crippen MR) is 39.1 cm³/mol. The third-order valence-corrected chi connectivity index (χ3v) is 1.33. The maximum absolute atomic E-state index is 8.68. The molecule has 5 heteroatoms. The first-order chi connectivity index (χ1) is 5.54. The van der Waals surface area contributed by atoms with Crippen LogP contribution in [-0.4, -0.2) is 27.4 Å². The number of methoxy groups -OCH3 is 1.